The summed E-state index contributed by atoms with van der Waals surface area (Å²) >= 11 is 0. The molecule has 0 aliphatic carbocycles. The van der Waals surface area contributed by atoms with Gasteiger partial charge in [0.25, 0.3) is 5.91 Å². The standard InChI is InChI=1S/C22H23NO3/c1-14-9-10-17(12-15(14)2)19-8-5-11-23(19)21(24)20-13-16-6-3-4-7-18(16)22(25)26-20/h3-4,6-7,9-10,12,19-20H,5,8,11,13H2,1-2H3/t19-,20+/m1/s1. The minimum absolute atomic E-state index is 0.0673. The van der Waals surface area contributed by atoms with E-state index in [0.717, 1.165) is 18.4 Å². The van der Waals surface area contributed by atoms with Crippen LogP contribution in [0.4, 0.5) is 0 Å². The minimum Gasteiger partial charge on any atom is -0.448 e. The maximum absolute atomic E-state index is 13.1. The molecule has 1 fully saturated rings. The number of amides is 1. The first kappa shape index (κ1) is 16.8. The van der Waals surface area contributed by atoms with Crippen LogP contribution in [0.25, 0.3) is 0 Å². The number of carbonyl (C=O) groups is 2. The van der Waals surface area contributed by atoms with E-state index < -0.39 is 12.1 Å². The number of fused-ring (bicyclic) bond motifs is 1. The molecule has 0 unspecified atom stereocenters. The highest BCUT2D eigenvalue weighted by molar-refractivity contribution is 5.96. The molecule has 0 N–H and O–H groups in total. The number of benzene rings is 2. The zero-order valence-electron chi connectivity index (χ0n) is 15.2. The fraction of sp³-hybridized carbons (Fsp3) is 0.364. The van der Waals surface area contributed by atoms with Crippen molar-refractivity contribution < 1.29 is 14.3 Å². The van der Waals surface area contributed by atoms with E-state index in [1.807, 2.05) is 23.1 Å². The highest BCUT2D eigenvalue weighted by Crippen LogP contribution is 2.34. The summed E-state index contributed by atoms with van der Waals surface area (Å²) < 4.78 is 5.48. The van der Waals surface area contributed by atoms with Crippen LogP contribution >= 0.6 is 0 Å². The van der Waals surface area contributed by atoms with Gasteiger partial charge in [-0.1, -0.05) is 36.4 Å². The zero-order chi connectivity index (χ0) is 18.3. The molecule has 2 atom stereocenters. The Bertz CT molecular complexity index is 873. The molecule has 134 valence electrons. The second-order valence-corrected chi connectivity index (χ2v) is 7.29. The lowest BCUT2D eigenvalue weighted by molar-refractivity contribution is -0.142. The third kappa shape index (κ3) is 2.90. The van der Waals surface area contributed by atoms with E-state index in [0.29, 0.717) is 18.5 Å². The predicted molar refractivity (Wildman–Crippen MR) is 99.0 cm³/mol. The second-order valence-electron chi connectivity index (χ2n) is 7.29. The van der Waals surface area contributed by atoms with E-state index in [1.54, 1.807) is 6.07 Å². The average molecular weight is 349 g/mol. The molecule has 0 aromatic heterocycles. The van der Waals surface area contributed by atoms with E-state index in [-0.39, 0.29) is 11.9 Å². The molecule has 4 nitrogen and oxygen atoms in total. The van der Waals surface area contributed by atoms with Crippen molar-refractivity contribution in [2.45, 2.75) is 45.3 Å². The van der Waals surface area contributed by atoms with Crippen LogP contribution in [-0.2, 0) is 16.0 Å². The molecule has 2 aromatic rings. The van der Waals surface area contributed by atoms with E-state index in [9.17, 15) is 9.59 Å². The van der Waals surface area contributed by atoms with Gasteiger partial charge in [0, 0.05) is 13.0 Å². The monoisotopic (exact) mass is 349 g/mol. The van der Waals surface area contributed by atoms with E-state index in [4.69, 9.17) is 4.74 Å². The zero-order valence-corrected chi connectivity index (χ0v) is 15.2. The molecule has 2 aliphatic heterocycles. The molecular weight excluding hydrogens is 326 g/mol. The van der Waals surface area contributed by atoms with Gasteiger partial charge in [-0.15, -0.1) is 0 Å². The lowest BCUT2D eigenvalue weighted by Gasteiger charge is -2.31. The third-order valence-corrected chi connectivity index (χ3v) is 5.62. The van der Waals surface area contributed by atoms with Gasteiger partial charge < -0.3 is 9.64 Å². The molecule has 0 radical (unpaired) electrons. The van der Waals surface area contributed by atoms with E-state index in [2.05, 4.69) is 32.0 Å². The number of likely N-dealkylation sites (tertiary alicyclic amines) is 1. The number of ether oxygens (including phenoxy) is 1. The first-order chi connectivity index (χ1) is 12.5. The Balaban J connectivity index is 1.57. The van der Waals surface area contributed by atoms with Crippen molar-refractivity contribution in [2.75, 3.05) is 6.54 Å². The highest BCUT2D eigenvalue weighted by Gasteiger charge is 2.38. The maximum Gasteiger partial charge on any atom is 0.339 e. The average Bonchev–Trinajstić information content (AvgIpc) is 3.13. The largest absolute Gasteiger partial charge is 0.448 e. The van der Waals surface area contributed by atoms with Gasteiger partial charge in [-0.25, -0.2) is 4.79 Å². The summed E-state index contributed by atoms with van der Waals surface area (Å²) in [4.78, 5) is 27.3. The second kappa shape index (κ2) is 6.60. The number of nitrogens with zero attached hydrogens (tertiary/aromatic N) is 1. The fourth-order valence-corrected chi connectivity index (χ4v) is 4.00. The molecule has 4 heteroatoms. The Morgan fingerprint density at radius 1 is 1.12 bits per heavy atom. The van der Waals surface area contributed by atoms with Crippen LogP contribution in [0.5, 0.6) is 0 Å². The molecule has 0 spiro atoms. The summed E-state index contributed by atoms with van der Waals surface area (Å²) in [6, 6.07) is 13.8. The van der Waals surface area contributed by atoms with Crippen molar-refractivity contribution in [3.05, 3.63) is 70.3 Å². The summed E-state index contributed by atoms with van der Waals surface area (Å²) in [6.45, 7) is 4.90. The number of aryl methyl sites for hydroxylation is 2. The summed E-state index contributed by atoms with van der Waals surface area (Å²) in [5.74, 6) is -0.472. The summed E-state index contributed by atoms with van der Waals surface area (Å²) in [6.07, 6.45) is 1.66. The fourth-order valence-electron chi connectivity index (χ4n) is 4.00. The first-order valence-corrected chi connectivity index (χ1v) is 9.21. The van der Waals surface area contributed by atoms with Crippen LogP contribution in [0.3, 0.4) is 0 Å². The van der Waals surface area contributed by atoms with Crippen LogP contribution in [0, 0.1) is 13.8 Å². The summed E-state index contributed by atoms with van der Waals surface area (Å²) in [5.41, 5.74) is 5.12. The molecule has 0 bridgehead atoms. The van der Waals surface area contributed by atoms with Gasteiger partial charge in [0.15, 0.2) is 6.10 Å². The van der Waals surface area contributed by atoms with Crippen molar-refractivity contribution in [3.8, 4) is 0 Å². The van der Waals surface area contributed by atoms with Crippen molar-refractivity contribution in [2.24, 2.45) is 0 Å². The van der Waals surface area contributed by atoms with Crippen molar-refractivity contribution in [1.29, 1.82) is 0 Å². The lowest BCUT2D eigenvalue weighted by atomic mass is 9.96. The molecular formula is C22H23NO3. The Labute approximate surface area is 153 Å². The molecule has 0 saturated carbocycles. The van der Waals surface area contributed by atoms with E-state index in [1.165, 1.54) is 16.7 Å². The van der Waals surface area contributed by atoms with Gasteiger partial charge in [-0.05, 0) is 55.0 Å². The SMILES string of the molecule is Cc1ccc([C@H]2CCCN2C(=O)[C@@H]2Cc3ccccc3C(=O)O2)cc1C. The van der Waals surface area contributed by atoms with Crippen molar-refractivity contribution in [3.63, 3.8) is 0 Å². The number of hydrogen-bond acceptors (Lipinski definition) is 3. The molecule has 2 heterocycles. The smallest absolute Gasteiger partial charge is 0.339 e. The molecule has 4 rings (SSSR count). The molecule has 2 aromatic carbocycles. The van der Waals surface area contributed by atoms with Crippen LogP contribution in [0.15, 0.2) is 42.5 Å². The normalized spacial score (nSPS) is 22.1. The van der Waals surface area contributed by atoms with Crippen molar-refractivity contribution in [1.82, 2.24) is 4.90 Å². The molecule has 2 aliphatic rings. The number of carbonyl (C=O) groups excluding carboxylic acids is 2. The van der Waals surface area contributed by atoms with Crippen LogP contribution < -0.4 is 0 Å². The topological polar surface area (TPSA) is 46.6 Å². The minimum atomic E-state index is -0.718. The first-order valence-electron chi connectivity index (χ1n) is 9.21. The number of cyclic esters (lactones) is 1. The van der Waals surface area contributed by atoms with Crippen LogP contribution in [0.1, 0.15) is 51.5 Å². The highest BCUT2D eigenvalue weighted by atomic mass is 16.5. The van der Waals surface area contributed by atoms with Gasteiger partial charge in [-0.3, -0.25) is 4.79 Å². The van der Waals surface area contributed by atoms with Crippen LogP contribution in [-0.4, -0.2) is 29.4 Å². The Morgan fingerprint density at radius 2 is 1.92 bits per heavy atom. The predicted octanol–water partition coefficient (Wildman–Crippen LogP) is 3.75. The maximum atomic E-state index is 13.1. The quantitative estimate of drug-likeness (QED) is 0.776. The molecule has 1 amide bonds. The van der Waals surface area contributed by atoms with Gasteiger partial charge >= 0.3 is 5.97 Å². The molecule has 1 saturated heterocycles. The number of esters is 1. The summed E-state index contributed by atoms with van der Waals surface area (Å²) in [5, 5.41) is 0. The van der Waals surface area contributed by atoms with Gasteiger partial charge in [-0.2, -0.15) is 0 Å². The van der Waals surface area contributed by atoms with Gasteiger partial charge in [0.05, 0.1) is 11.6 Å². The Morgan fingerprint density at radius 3 is 2.73 bits per heavy atom. The van der Waals surface area contributed by atoms with Crippen molar-refractivity contribution >= 4 is 11.9 Å². The molecule has 26 heavy (non-hydrogen) atoms. The summed E-state index contributed by atoms with van der Waals surface area (Å²) in [7, 11) is 0. The Hall–Kier alpha value is -2.62. The Kier molecular flexibility index (Phi) is 4.27. The van der Waals surface area contributed by atoms with Crippen LogP contribution in [0.2, 0.25) is 0 Å². The number of rotatable bonds is 2. The van der Waals surface area contributed by atoms with E-state index >= 15 is 0 Å². The lowest BCUT2D eigenvalue weighted by Crippen LogP contribution is -2.44. The number of hydrogen-bond donors (Lipinski definition) is 0. The third-order valence-electron chi connectivity index (χ3n) is 5.62. The van der Waals surface area contributed by atoms with Gasteiger partial charge in [0.2, 0.25) is 0 Å². The van der Waals surface area contributed by atoms with Gasteiger partial charge in [0.1, 0.15) is 0 Å².